The van der Waals surface area contributed by atoms with Gasteiger partial charge >= 0.3 is 0 Å². The van der Waals surface area contributed by atoms with Crippen LogP contribution in [-0.2, 0) is 4.79 Å². The van der Waals surface area contributed by atoms with Crippen molar-refractivity contribution in [3.8, 4) is 0 Å². The van der Waals surface area contributed by atoms with E-state index in [1.54, 1.807) is 0 Å². The maximum atomic E-state index is 12.8. The summed E-state index contributed by atoms with van der Waals surface area (Å²) in [5.41, 5.74) is 6.71. The van der Waals surface area contributed by atoms with Gasteiger partial charge in [-0.2, -0.15) is 0 Å². The highest BCUT2D eigenvalue weighted by Crippen LogP contribution is 2.22. The topological polar surface area (TPSA) is 49.6 Å². The van der Waals surface area contributed by atoms with Crippen LogP contribution in [0, 0.1) is 0 Å². The minimum absolute atomic E-state index is 0.0332. The van der Waals surface area contributed by atoms with E-state index < -0.39 is 5.92 Å². The van der Waals surface area contributed by atoms with E-state index in [4.69, 9.17) is 18.0 Å². The van der Waals surface area contributed by atoms with Gasteiger partial charge in [0.1, 0.15) is 5.92 Å². The molecule has 0 saturated carbocycles. The molecule has 1 aromatic rings. The number of nitrogens with two attached hydrogens (primary N) is 1. The summed E-state index contributed by atoms with van der Waals surface area (Å²) in [5, 5.41) is 0. The van der Waals surface area contributed by atoms with Gasteiger partial charge < -0.3 is 15.5 Å². The van der Waals surface area contributed by atoms with Crippen LogP contribution in [0.25, 0.3) is 0 Å². The minimum Gasteiger partial charge on any atom is -0.392 e. The van der Waals surface area contributed by atoms with Gasteiger partial charge in [0.05, 0.1) is 4.99 Å². The van der Waals surface area contributed by atoms with Crippen LogP contribution < -0.4 is 5.73 Å². The molecule has 2 rings (SSSR count). The summed E-state index contributed by atoms with van der Waals surface area (Å²) in [6, 6.07) is 10.1. The molecule has 1 aromatic carbocycles. The first-order valence-corrected chi connectivity index (χ1v) is 7.71. The number of likely N-dealkylation sites (tertiary alicyclic amines) is 1. The fourth-order valence-electron chi connectivity index (χ4n) is 2.86. The average molecular weight is 305 g/mol. The van der Waals surface area contributed by atoms with Gasteiger partial charge in [0.25, 0.3) is 0 Å². The third-order valence-corrected chi connectivity index (χ3v) is 4.41. The number of hydrogen-bond donors (Lipinski definition) is 1. The van der Waals surface area contributed by atoms with Crippen LogP contribution in [0.15, 0.2) is 30.3 Å². The molecule has 1 saturated heterocycles. The Kier molecular flexibility index (Phi) is 5.31. The van der Waals surface area contributed by atoms with E-state index in [2.05, 4.69) is 19.0 Å². The van der Waals surface area contributed by atoms with Gasteiger partial charge in [-0.05, 0) is 32.5 Å². The van der Waals surface area contributed by atoms with Crippen molar-refractivity contribution in [1.82, 2.24) is 9.80 Å². The molecule has 114 valence electrons. The highest BCUT2D eigenvalue weighted by atomic mass is 32.1. The molecule has 0 aliphatic carbocycles. The number of rotatable bonds is 4. The molecule has 1 fully saturated rings. The Labute approximate surface area is 131 Å². The molecule has 21 heavy (non-hydrogen) atoms. The second-order valence-corrected chi connectivity index (χ2v) is 6.24. The lowest BCUT2D eigenvalue weighted by Gasteiger charge is -2.36. The molecule has 0 radical (unpaired) electrons. The number of amides is 1. The van der Waals surface area contributed by atoms with Gasteiger partial charge in [0.15, 0.2) is 0 Å². The van der Waals surface area contributed by atoms with Crippen molar-refractivity contribution < 1.29 is 4.79 Å². The number of hydrogen-bond acceptors (Lipinski definition) is 3. The van der Waals surface area contributed by atoms with Crippen molar-refractivity contribution in [3.63, 3.8) is 0 Å². The molecule has 5 heteroatoms. The first-order chi connectivity index (χ1) is 10.0. The fraction of sp³-hybridized carbons (Fsp3) is 0.500. The summed E-state index contributed by atoms with van der Waals surface area (Å²) < 4.78 is 0. The maximum absolute atomic E-state index is 12.8. The first kappa shape index (κ1) is 15.9. The summed E-state index contributed by atoms with van der Waals surface area (Å²) >= 11 is 5.13. The maximum Gasteiger partial charge on any atom is 0.236 e. The highest BCUT2D eigenvalue weighted by Gasteiger charge is 2.31. The standard InChI is InChI=1S/C16H23N3OS/c1-18(2)13-8-10-19(11-9-13)16(20)14(15(17)21)12-6-4-3-5-7-12/h3-7,13-14H,8-11H2,1-2H3,(H2,17,21). The van der Waals surface area contributed by atoms with Crippen molar-refractivity contribution in [3.05, 3.63) is 35.9 Å². The summed E-state index contributed by atoms with van der Waals surface area (Å²) in [6.45, 7) is 1.54. The Morgan fingerprint density at radius 2 is 1.86 bits per heavy atom. The van der Waals surface area contributed by atoms with Crippen LogP contribution in [0.1, 0.15) is 24.3 Å². The summed E-state index contributed by atoms with van der Waals surface area (Å²) in [7, 11) is 4.17. The predicted molar refractivity (Wildman–Crippen MR) is 89.3 cm³/mol. The van der Waals surface area contributed by atoms with Crippen molar-refractivity contribution in [2.45, 2.75) is 24.8 Å². The van der Waals surface area contributed by atoms with Crippen LogP contribution in [0.3, 0.4) is 0 Å². The number of benzene rings is 1. The molecule has 1 heterocycles. The Morgan fingerprint density at radius 1 is 1.29 bits per heavy atom. The van der Waals surface area contributed by atoms with Gasteiger partial charge in [0, 0.05) is 19.1 Å². The lowest BCUT2D eigenvalue weighted by molar-refractivity contribution is -0.132. The van der Waals surface area contributed by atoms with Crippen LogP contribution >= 0.6 is 12.2 Å². The summed E-state index contributed by atoms with van der Waals surface area (Å²) in [4.78, 5) is 17.1. The third-order valence-electron chi connectivity index (χ3n) is 4.17. The van der Waals surface area contributed by atoms with E-state index in [1.165, 1.54) is 0 Å². The molecule has 1 unspecified atom stereocenters. The zero-order valence-electron chi connectivity index (χ0n) is 12.7. The quantitative estimate of drug-likeness (QED) is 0.859. The van der Waals surface area contributed by atoms with E-state index in [-0.39, 0.29) is 10.9 Å². The molecule has 1 aliphatic heterocycles. The molecule has 4 nitrogen and oxygen atoms in total. The van der Waals surface area contributed by atoms with Crippen molar-refractivity contribution in [2.24, 2.45) is 5.73 Å². The highest BCUT2D eigenvalue weighted by molar-refractivity contribution is 7.80. The lowest BCUT2D eigenvalue weighted by Crippen LogP contribution is -2.47. The Bertz CT molecular complexity index is 496. The Hall–Kier alpha value is -1.46. The van der Waals surface area contributed by atoms with E-state index in [0.29, 0.717) is 6.04 Å². The zero-order chi connectivity index (χ0) is 15.4. The van der Waals surface area contributed by atoms with Gasteiger partial charge in [-0.15, -0.1) is 0 Å². The van der Waals surface area contributed by atoms with Crippen molar-refractivity contribution >= 4 is 23.1 Å². The van der Waals surface area contributed by atoms with Gasteiger partial charge in [-0.3, -0.25) is 4.79 Å². The largest absolute Gasteiger partial charge is 0.392 e. The van der Waals surface area contributed by atoms with Crippen LogP contribution in [0.5, 0.6) is 0 Å². The van der Waals surface area contributed by atoms with E-state index in [1.807, 2.05) is 35.2 Å². The third kappa shape index (κ3) is 3.80. The molecule has 0 spiro atoms. The second kappa shape index (κ2) is 7.00. The van der Waals surface area contributed by atoms with Crippen LogP contribution in [0.4, 0.5) is 0 Å². The number of piperidine rings is 1. The number of thiocarbonyl (C=S) groups is 1. The number of nitrogens with zero attached hydrogens (tertiary/aromatic N) is 2. The molecule has 0 aromatic heterocycles. The SMILES string of the molecule is CN(C)C1CCN(C(=O)C(C(N)=S)c2ccccc2)CC1. The van der Waals surface area contributed by atoms with Crippen molar-refractivity contribution in [1.29, 1.82) is 0 Å². The zero-order valence-corrected chi connectivity index (χ0v) is 13.5. The Morgan fingerprint density at radius 3 is 2.33 bits per heavy atom. The molecule has 1 amide bonds. The summed E-state index contributed by atoms with van der Waals surface area (Å²) in [5.74, 6) is -0.469. The van der Waals surface area contributed by atoms with Gasteiger partial charge in [0.2, 0.25) is 5.91 Å². The smallest absolute Gasteiger partial charge is 0.236 e. The van der Waals surface area contributed by atoms with E-state index in [9.17, 15) is 4.79 Å². The predicted octanol–water partition coefficient (Wildman–Crippen LogP) is 1.61. The normalized spacial score (nSPS) is 17.8. The van der Waals surface area contributed by atoms with Crippen LogP contribution in [-0.4, -0.2) is 53.9 Å². The number of carbonyl (C=O) groups is 1. The monoisotopic (exact) mass is 305 g/mol. The molecule has 1 atom stereocenters. The fourth-order valence-corrected chi connectivity index (χ4v) is 3.10. The molecule has 2 N–H and O–H groups in total. The second-order valence-electron chi connectivity index (χ2n) is 5.77. The molecule has 1 aliphatic rings. The van der Waals surface area contributed by atoms with Gasteiger partial charge in [-0.1, -0.05) is 42.5 Å². The summed E-state index contributed by atoms with van der Waals surface area (Å²) in [6.07, 6.45) is 2.00. The van der Waals surface area contributed by atoms with E-state index in [0.717, 1.165) is 31.5 Å². The van der Waals surface area contributed by atoms with Gasteiger partial charge in [-0.25, -0.2) is 0 Å². The molecule has 0 bridgehead atoms. The first-order valence-electron chi connectivity index (χ1n) is 7.30. The minimum atomic E-state index is -0.503. The Balaban J connectivity index is 2.09. The van der Waals surface area contributed by atoms with Crippen molar-refractivity contribution in [2.75, 3.05) is 27.2 Å². The van der Waals surface area contributed by atoms with E-state index >= 15 is 0 Å². The molecular formula is C16H23N3OS. The number of carbonyl (C=O) groups excluding carboxylic acids is 1. The lowest BCUT2D eigenvalue weighted by atomic mass is 9.95. The molecular weight excluding hydrogens is 282 g/mol. The average Bonchev–Trinajstić information content (AvgIpc) is 2.48. The van der Waals surface area contributed by atoms with Crippen LogP contribution in [0.2, 0.25) is 0 Å².